The van der Waals surface area contributed by atoms with Crippen molar-refractivity contribution in [2.24, 2.45) is 5.16 Å². The van der Waals surface area contributed by atoms with Crippen LogP contribution < -0.4 is 0 Å². The molecule has 5 heteroatoms. The summed E-state index contributed by atoms with van der Waals surface area (Å²) in [5, 5.41) is 18.1. The number of oxime groups is 1. The maximum absolute atomic E-state index is 8.30. The summed E-state index contributed by atoms with van der Waals surface area (Å²) in [4.78, 5) is 4.26. The minimum atomic E-state index is 0.689. The fourth-order valence-electron chi connectivity index (χ4n) is 0.923. The van der Waals surface area contributed by atoms with Crippen LogP contribution >= 0.6 is 22.7 Å². The Hall–Kier alpha value is -1.20. The molecule has 0 bridgehead atoms. The van der Waals surface area contributed by atoms with Crippen LogP contribution in [-0.4, -0.2) is 16.4 Å². The number of thiophene rings is 1. The van der Waals surface area contributed by atoms with Gasteiger partial charge in [0.2, 0.25) is 0 Å². The quantitative estimate of drug-likeness (QED) is 0.470. The van der Waals surface area contributed by atoms with E-state index >= 15 is 0 Å². The first-order valence-corrected chi connectivity index (χ1v) is 5.38. The molecular weight excluding hydrogens is 204 g/mol. The molecule has 13 heavy (non-hydrogen) atoms. The molecule has 0 saturated carbocycles. The normalized spacial score (nSPS) is 11.1. The van der Waals surface area contributed by atoms with Gasteiger partial charge in [0.15, 0.2) is 0 Å². The van der Waals surface area contributed by atoms with Crippen molar-refractivity contribution in [1.29, 1.82) is 0 Å². The Kier molecular flexibility index (Phi) is 2.37. The first-order chi connectivity index (χ1) is 6.40. The molecule has 0 aromatic carbocycles. The van der Waals surface area contributed by atoms with Crippen LogP contribution in [0.1, 0.15) is 5.69 Å². The molecule has 0 fully saturated rings. The molecule has 0 aliphatic rings. The van der Waals surface area contributed by atoms with E-state index in [9.17, 15) is 0 Å². The lowest BCUT2D eigenvalue weighted by Crippen LogP contribution is -1.79. The largest absolute Gasteiger partial charge is 0.411 e. The Morgan fingerprint density at radius 1 is 1.46 bits per heavy atom. The average Bonchev–Trinajstić information content (AvgIpc) is 2.70. The second-order valence-electron chi connectivity index (χ2n) is 2.33. The molecule has 0 aliphatic carbocycles. The van der Waals surface area contributed by atoms with Gasteiger partial charge in [0.1, 0.15) is 5.01 Å². The van der Waals surface area contributed by atoms with Crippen LogP contribution in [0.15, 0.2) is 27.4 Å². The van der Waals surface area contributed by atoms with Crippen LogP contribution in [0.2, 0.25) is 0 Å². The van der Waals surface area contributed by atoms with Crippen molar-refractivity contribution < 1.29 is 5.21 Å². The summed E-state index contributed by atoms with van der Waals surface area (Å²) in [7, 11) is 0. The summed E-state index contributed by atoms with van der Waals surface area (Å²) in [6.07, 6.45) is 1.33. The van der Waals surface area contributed by atoms with E-state index in [4.69, 9.17) is 5.21 Å². The van der Waals surface area contributed by atoms with Crippen LogP contribution in [0.5, 0.6) is 0 Å². The van der Waals surface area contributed by atoms with E-state index in [1.54, 1.807) is 22.7 Å². The lowest BCUT2D eigenvalue weighted by Gasteiger charge is -1.85. The average molecular weight is 210 g/mol. The first-order valence-electron chi connectivity index (χ1n) is 3.55. The van der Waals surface area contributed by atoms with Crippen molar-refractivity contribution in [2.75, 3.05) is 0 Å². The molecule has 0 radical (unpaired) electrons. The molecule has 0 unspecified atom stereocenters. The predicted molar refractivity (Wildman–Crippen MR) is 54.8 cm³/mol. The second kappa shape index (κ2) is 3.68. The van der Waals surface area contributed by atoms with Gasteiger partial charge in [-0.05, 0) is 11.4 Å². The molecule has 2 heterocycles. The summed E-state index contributed by atoms with van der Waals surface area (Å²) in [5.41, 5.74) is 1.81. The van der Waals surface area contributed by atoms with E-state index in [1.165, 1.54) is 6.21 Å². The van der Waals surface area contributed by atoms with Crippen LogP contribution in [0.3, 0.4) is 0 Å². The maximum Gasteiger partial charge on any atom is 0.124 e. The Morgan fingerprint density at radius 3 is 3.08 bits per heavy atom. The molecule has 1 N–H and O–H groups in total. The Balaban J connectivity index is 2.33. The highest BCUT2D eigenvalue weighted by Gasteiger charge is 2.02. The van der Waals surface area contributed by atoms with E-state index in [2.05, 4.69) is 10.1 Å². The Bertz CT molecular complexity index is 405. The predicted octanol–water partition coefficient (Wildman–Crippen LogP) is 2.68. The third-order valence-corrected chi connectivity index (χ3v) is 3.07. The van der Waals surface area contributed by atoms with Crippen LogP contribution in [0.25, 0.3) is 10.6 Å². The van der Waals surface area contributed by atoms with Gasteiger partial charge < -0.3 is 5.21 Å². The highest BCUT2D eigenvalue weighted by atomic mass is 32.1. The number of thiazole rings is 1. The summed E-state index contributed by atoms with van der Waals surface area (Å²) in [5.74, 6) is 0. The highest BCUT2D eigenvalue weighted by Crippen LogP contribution is 2.24. The van der Waals surface area contributed by atoms with Crippen molar-refractivity contribution >= 4 is 28.9 Å². The third-order valence-electron chi connectivity index (χ3n) is 1.48. The molecule has 0 aliphatic heterocycles. The summed E-state index contributed by atoms with van der Waals surface area (Å²) >= 11 is 3.18. The fourth-order valence-corrected chi connectivity index (χ4v) is 2.41. The number of nitrogens with zero attached hydrogens (tertiary/aromatic N) is 2. The zero-order valence-electron chi connectivity index (χ0n) is 6.54. The molecule has 2 rings (SSSR count). The smallest absolute Gasteiger partial charge is 0.124 e. The zero-order chi connectivity index (χ0) is 9.10. The Labute approximate surface area is 83.0 Å². The van der Waals surface area contributed by atoms with Crippen molar-refractivity contribution in [3.63, 3.8) is 0 Å². The third kappa shape index (κ3) is 1.76. The van der Waals surface area contributed by atoms with Crippen molar-refractivity contribution in [3.05, 3.63) is 27.9 Å². The Morgan fingerprint density at radius 2 is 2.38 bits per heavy atom. The van der Waals surface area contributed by atoms with E-state index in [0.29, 0.717) is 5.69 Å². The van der Waals surface area contributed by atoms with Crippen LogP contribution in [-0.2, 0) is 0 Å². The van der Waals surface area contributed by atoms with E-state index < -0.39 is 0 Å². The van der Waals surface area contributed by atoms with Gasteiger partial charge in [-0.1, -0.05) is 5.16 Å². The summed E-state index contributed by atoms with van der Waals surface area (Å²) in [6.45, 7) is 0. The monoisotopic (exact) mass is 210 g/mol. The van der Waals surface area contributed by atoms with Gasteiger partial charge in [-0.15, -0.1) is 11.3 Å². The summed E-state index contributed by atoms with van der Waals surface area (Å²) in [6, 6.07) is 2.02. The SMILES string of the molecule is O/N=C/c1csc(-c2ccsc2)n1. The molecule has 66 valence electrons. The van der Waals surface area contributed by atoms with Gasteiger partial charge in [0.05, 0.1) is 11.9 Å². The van der Waals surface area contributed by atoms with E-state index in [1.807, 2.05) is 22.2 Å². The summed E-state index contributed by atoms with van der Waals surface area (Å²) < 4.78 is 0. The number of aromatic nitrogens is 1. The van der Waals surface area contributed by atoms with Gasteiger partial charge in [-0.3, -0.25) is 0 Å². The molecule has 2 aromatic rings. The number of hydrogen-bond donors (Lipinski definition) is 1. The fraction of sp³-hybridized carbons (Fsp3) is 0. The van der Waals surface area contributed by atoms with Crippen LogP contribution in [0, 0.1) is 0 Å². The highest BCUT2D eigenvalue weighted by molar-refractivity contribution is 7.14. The second-order valence-corrected chi connectivity index (χ2v) is 3.97. The van der Waals surface area contributed by atoms with Crippen LogP contribution in [0.4, 0.5) is 0 Å². The maximum atomic E-state index is 8.30. The van der Waals surface area contributed by atoms with Crippen molar-refractivity contribution in [2.45, 2.75) is 0 Å². The minimum Gasteiger partial charge on any atom is -0.411 e. The molecule has 0 amide bonds. The molecule has 0 saturated heterocycles. The molecule has 2 aromatic heterocycles. The molecule has 0 atom stereocenters. The molecule has 0 spiro atoms. The van der Waals surface area contributed by atoms with Crippen molar-refractivity contribution in [3.8, 4) is 10.6 Å². The molecule has 3 nitrogen and oxygen atoms in total. The van der Waals surface area contributed by atoms with Crippen molar-refractivity contribution in [1.82, 2.24) is 4.98 Å². The van der Waals surface area contributed by atoms with Gasteiger partial charge in [0.25, 0.3) is 0 Å². The van der Waals surface area contributed by atoms with Gasteiger partial charge >= 0.3 is 0 Å². The van der Waals surface area contributed by atoms with E-state index in [-0.39, 0.29) is 0 Å². The lowest BCUT2D eigenvalue weighted by atomic mass is 10.4. The van der Waals surface area contributed by atoms with Gasteiger partial charge in [0, 0.05) is 16.3 Å². The number of rotatable bonds is 2. The lowest BCUT2D eigenvalue weighted by molar-refractivity contribution is 0.321. The first kappa shape index (κ1) is 8.40. The van der Waals surface area contributed by atoms with E-state index in [0.717, 1.165) is 10.6 Å². The standard InChI is InChI=1S/C8H6N2OS2/c11-9-3-7-5-13-8(10-7)6-1-2-12-4-6/h1-5,11H/b9-3+. The van der Waals surface area contributed by atoms with Gasteiger partial charge in [-0.2, -0.15) is 11.3 Å². The number of hydrogen-bond acceptors (Lipinski definition) is 5. The molecular formula is C8H6N2OS2. The minimum absolute atomic E-state index is 0.689. The zero-order valence-corrected chi connectivity index (χ0v) is 8.18. The topological polar surface area (TPSA) is 45.5 Å². The van der Waals surface area contributed by atoms with Gasteiger partial charge in [-0.25, -0.2) is 4.98 Å².